The van der Waals surface area contributed by atoms with Crippen molar-refractivity contribution in [3.63, 3.8) is 0 Å². The summed E-state index contributed by atoms with van der Waals surface area (Å²) in [5.74, 6) is -0.0435. The molecule has 4 rings (SSSR count). The van der Waals surface area contributed by atoms with Crippen LogP contribution in [0.1, 0.15) is 25.7 Å². The van der Waals surface area contributed by atoms with Crippen LogP contribution in [0.3, 0.4) is 0 Å². The summed E-state index contributed by atoms with van der Waals surface area (Å²) in [4.78, 5) is 22.3. The van der Waals surface area contributed by atoms with E-state index < -0.39 is 5.97 Å². The molecule has 0 amide bonds. The molecule has 4 saturated carbocycles. The maximum Gasteiger partial charge on any atom is 0.306 e. The van der Waals surface area contributed by atoms with Crippen LogP contribution in [0.2, 0.25) is 0 Å². The number of Topliss-reactive ketones (excluding diaryl/α,β-unsaturated/α-hetero) is 1. The van der Waals surface area contributed by atoms with E-state index in [-0.39, 0.29) is 17.3 Å². The Balaban J connectivity index is 1.81. The van der Waals surface area contributed by atoms with E-state index in [1.807, 2.05) is 0 Å². The number of carboxylic acid groups (broad SMARTS) is 1. The predicted octanol–water partition coefficient (Wildman–Crippen LogP) is 1.08. The summed E-state index contributed by atoms with van der Waals surface area (Å²) in [5.41, 5.74) is -0.159. The lowest BCUT2D eigenvalue weighted by molar-refractivity contribution is -0.143. The second-order valence-electron chi connectivity index (χ2n) is 4.75. The molecule has 1 N–H and O–H groups in total. The smallest absolute Gasteiger partial charge is 0.306 e. The number of ketones is 1. The Hall–Kier alpha value is -0.860. The molecule has 4 fully saturated rings. The fourth-order valence-electron chi connectivity index (χ4n) is 3.40. The van der Waals surface area contributed by atoms with Crippen molar-refractivity contribution in [1.82, 2.24) is 0 Å². The molecule has 0 aromatic carbocycles. The molecular weight excluding hydrogens is 168 g/mol. The summed E-state index contributed by atoms with van der Waals surface area (Å²) in [6.07, 6.45) is 3.71. The van der Waals surface area contributed by atoms with Crippen molar-refractivity contribution in [2.45, 2.75) is 25.7 Å². The standard InChI is InChI=1S/C10H12O3/c11-8-5-1-2-10(8,4-5)7-3-6(7)9(12)13/h5-7H,1-4H2,(H,12,13). The number of carboxylic acids is 1. The number of rotatable bonds is 2. The van der Waals surface area contributed by atoms with Crippen LogP contribution in [-0.2, 0) is 9.59 Å². The summed E-state index contributed by atoms with van der Waals surface area (Å²) in [6.45, 7) is 0. The lowest BCUT2D eigenvalue weighted by atomic mass is 9.64. The fourth-order valence-corrected chi connectivity index (χ4v) is 3.40. The molecule has 0 heterocycles. The van der Waals surface area contributed by atoms with E-state index in [2.05, 4.69) is 0 Å². The zero-order valence-electron chi connectivity index (χ0n) is 7.32. The van der Waals surface area contributed by atoms with Gasteiger partial charge in [-0.1, -0.05) is 0 Å². The molecule has 0 aromatic heterocycles. The van der Waals surface area contributed by atoms with Gasteiger partial charge in [-0.25, -0.2) is 0 Å². The van der Waals surface area contributed by atoms with Crippen LogP contribution in [0.25, 0.3) is 0 Å². The molecule has 4 unspecified atom stereocenters. The van der Waals surface area contributed by atoms with Crippen LogP contribution in [0.15, 0.2) is 0 Å². The monoisotopic (exact) mass is 180 g/mol. The average Bonchev–Trinajstić information content (AvgIpc) is 2.69. The van der Waals surface area contributed by atoms with Gasteiger partial charge in [-0.2, -0.15) is 0 Å². The minimum Gasteiger partial charge on any atom is -0.481 e. The van der Waals surface area contributed by atoms with Crippen molar-refractivity contribution in [2.24, 2.45) is 23.2 Å². The zero-order valence-corrected chi connectivity index (χ0v) is 7.32. The highest BCUT2D eigenvalue weighted by Crippen LogP contribution is 2.67. The van der Waals surface area contributed by atoms with E-state index >= 15 is 0 Å². The third kappa shape index (κ3) is 0.713. The molecule has 3 heteroatoms. The van der Waals surface area contributed by atoms with Gasteiger partial charge in [0, 0.05) is 11.3 Å². The highest BCUT2D eigenvalue weighted by atomic mass is 16.4. The van der Waals surface area contributed by atoms with E-state index in [0.717, 1.165) is 25.7 Å². The fraction of sp³-hybridized carbons (Fsp3) is 0.800. The van der Waals surface area contributed by atoms with Crippen molar-refractivity contribution in [2.75, 3.05) is 0 Å². The summed E-state index contributed by atoms with van der Waals surface area (Å²) in [6, 6.07) is 0. The highest BCUT2D eigenvalue weighted by Gasteiger charge is 2.69. The van der Waals surface area contributed by atoms with Gasteiger partial charge < -0.3 is 5.11 Å². The first kappa shape index (κ1) is 7.54. The molecule has 4 atom stereocenters. The van der Waals surface area contributed by atoms with Gasteiger partial charge in [-0.3, -0.25) is 9.59 Å². The molecule has 4 aliphatic rings. The molecule has 4 aliphatic carbocycles. The first-order valence-corrected chi connectivity index (χ1v) is 4.92. The topological polar surface area (TPSA) is 54.4 Å². The van der Waals surface area contributed by atoms with Crippen molar-refractivity contribution < 1.29 is 14.7 Å². The largest absolute Gasteiger partial charge is 0.481 e. The summed E-state index contributed by atoms with van der Waals surface area (Å²) < 4.78 is 0. The first-order valence-electron chi connectivity index (χ1n) is 4.92. The van der Waals surface area contributed by atoms with Crippen molar-refractivity contribution in [1.29, 1.82) is 0 Å². The number of carbonyl (C=O) groups excluding carboxylic acids is 1. The van der Waals surface area contributed by atoms with Gasteiger partial charge in [0.2, 0.25) is 0 Å². The van der Waals surface area contributed by atoms with Gasteiger partial charge >= 0.3 is 5.97 Å². The molecule has 0 radical (unpaired) electrons. The highest BCUT2D eigenvalue weighted by molar-refractivity contribution is 5.96. The summed E-state index contributed by atoms with van der Waals surface area (Å²) >= 11 is 0. The Kier molecular flexibility index (Phi) is 1.14. The van der Waals surface area contributed by atoms with E-state index in [1.165, 1.54) is 0 Å². The minimum absolute atomic E-state index is 0.159. The Labute approximate surface area is 76.1 Å². The first-order chi connectivity index (χ1) is 6.15. The molecule has 3 nitrogen and oxygen atoms in total. The number of fused-ring (bicyclic) bond motifs is 1. The second-order valence-corrected chi connectivity index (χ2v) is 4.75. The number of hydrogen-bond donors (Lipinski definition) is 1. The van der Waals surface area contributed by atoms with Crippen LogP contribution in [0, 0.1) is 23.2 Å². The molecule has 0 aliphatic heterocycles. The van der Waals surface area contributed by atoms with Crippen LogP contribution >= 0.6 is 0 Å². The quantitative estimate of drug-likeness (QED) is 0.691. The Morgan fingerprint density at radius 2 is 2.31 bits per heavy atom. The molecule has 13 heavy (non-hydrogen) atoms. The summed E-state index contributed by atoms with van der Waals surface area (Å²) in [7, 11) is 0. The number of carbonyl (C=O) groups is 2. The minimum atomic E-state index is -0.706. The van der Waals surface area contributed by atoms with Gasteiger partial charge in [0.15, 0.2) is 0 Å². The zero-order chi connectivity index (χ0) is 9.22. The maximum atomic E-state index is 11.6. The van der Waals surface area contributed by atoms with E-state index in [9.17, 15) is 9.59 Å². The molecule has 0 aromatic rings. The van der Waals surface area contributed by atoms with Gasteiger partial charge in [0.25, 0.3) is 0 Å². The van der Waals surface area contributed by atoms with Gasteiger partial charge in [0.05, 0.1) is 5.92 Å². The Morgan fingerprint density at radius 1 is 1.54 bits per heavy atom. The lowest BCUT2D eigenvalue weighted by Gasteiger charge is -2.37. The van der Waals surface area contributed by atoms with Crippen molar-refractivity contribution in [3.05, 3.63) is 0 Å². The van der Waals surface area contributed by atoms with E-state index in [0.29, 0.717) is 11.7 Å². The summed E-state index contributed by atoms with van der Waals surface area (Å²) in [5, 5.41) is 8.79. The Bertz CT molecular complexity index is 305. The van der Waals surface area contributed by atoms with Crippen LogP contribution in [-0.4, -0.2) is 16.9 Å². The van der Waals surface area contributed by atoms with E-state index in [1.54, 1.807) is 0 Å². The van der Waals surface area contributed by atoms with Crippen molar-refractivity contribution in [3.8, 4) is 0 Å². The van der Waals surface area contributed by atoms with Crippen LogP contribution in [0.4, 0.5) is 0 Å². The molecule has 2 bridgehead atoms. The van der Waals surface area contributed by atoms with Crippen molar-refractivity contribution >= 4 is 11.8 Å². The molecular formula is C10H12O3. The molecule has 0 saturated heterocycles. The molecule has 0 spiro atoms. The number of hydrogen-bond acceptors (Lipinski definition) is 2. The predicted molar refractivity (Wildman–Crippen MR) is 44.0 cm³/mol. The SMILES string of the molecule is O=C(O)C1CC1C12CCC(C1)C2=O. The van der Waals surface area contributed by atoms with Gasteiger partial charge in [-0.15, -0.1) is 0 Å². The van der Waals surface area contributed by atoms with Crippen LogP contribution < -0.4 is 0 Å². The third-order valence-electron chi connectivity index (χ3n) is 4.23. The lowest BCUT2D eigenvalue weighted by Crippen LogP contribution is -2.43. The average molecular weight is 180 g/mol. The third-order valence-corrected chi connectivity index (χ3v) is 4.23. The normalized spacial score (nSPS) is 51.7. The number of aliphatic carboxylic acids is 1. The van der Waals surface area contributed by atoms with E-state index in [4.69, 9.17) is 5.11 Å². The second kappa shape index (κ2) is 1.97. The molecule has 70 valence electrons. The Morgan fingerprint density at radius 3 is 2.69 bits per heavy atom. The maximum absolute atomic E-state index is 11.6. The van der Waals surface area contributed by atoms with Crippen LogP contribution in [0.5, 0.6) is 0 Å². The van der Waals surface area contributed by atoms with Gasteiger partial charge in [-0.05, 0) is 31.6 Å². The van der Waals surface area contributed by atoms with Gasteiger partial charge in [0.1, 0.15) is 5.78 Å².